The monoisotopic (exact) mass is 373 g/mol. The van der Waals surface area contributed by atoms with E-state index in [4.69, 9.17) is 16.0 Å². The van der Waals surface area contributed by atoms with E-state index in [2.05, 4.69) is 15.5 Å². The van der Waals surface area contributed by atoms with Crippen LogP contribution in [0, 0.1) is 0 Å². The molecular weight excluding hydrogens is 358 g/mol. The van der Waals surface area contributed by atoms with Crippen molar-refractivity contribution in [3.05, 3.63) is 71.1 Å². The lowest BCUT2D eigenvalue weighted by Crippen LogP contribution is -2.11. The standard InChI is InChI=1S/C18H16ClN3O2S/c19-14-6-8-15(9-7-14)20-16(23)10-11-25-18-22-21-17(24-18)12-13-4-2-1-3-5-13/h1-9H,10-12H2,(H,20,23). The predicted octanol–water partition coefficient (Wildman–Crippen LogP) is 4.43. The number of rotatable bonds is 7. The molecule has 0 aliphatic carbocycles. The number of amides is 1. The molecule has 0 bridgehead atoms. The van der Waals surface area contributed by atoms with E-state index in [-0.39, 0.29) is 5.91 Å². The number of hydrogen-bond donors (Lipinski definition) is 1. The van der Waals surface area contributed by atoms with Crippen molar-refractivity contribution < 1.29 is 9.21 Å². The summed E-state index contributed by atoms with van der Waals surface area (Å²) < 4.78 is 5.60. The third-order valence-electron chi connectivity index (χ3n) is 3.33. The Kier molecular flexibility index (Phi) is 6.09. The van der Waals surface area contributed by atoms with Crippen LogP contribution in [0.2, 0.25) is 5.02 Å². The summed E-state index contributed by atoms with van der Waals surface area (Å²) in [6, 6.07) is 16.9. The Balaban J connectivity index is 1.43. The summed E-state index contributed by atoms with van der Waals surface area (Å²) in [6.07, 6.45) is 0.954. The Morgan fingerprint density at radius 1 is 1.08 bits per heavy atom. The van der Waals surface area contributed by atoms with E-state index in [9.17, 15) is 4.79 Å². The molecule has 0 aliphatic heterocycles. The Labute approximate surface area is 154 Å². The van der Waals surface area contributed by atoms with Gasteiger partial charge in [0.05, 0.1) is 6.42 Å². The molecule has 0 saturated heterocycles. The highest BCUT2D eigenvalue weighted by molar-refractivity contribution is 7.99. The van der Waals surface area contributed by atoms with Gasteiger partial charge in [-0.25, -0.2) is 0 Å². The highest BCUT2D eigenvalue weighted by Crippen LogP contribution is 2.19. The molecule has 1 aromatic heterocycles. The molecule has 0 atom stereocenters. The Morgan fingerprint density at radius 2 is 1.84 bits per heavy atom. The average Bonchev–Trinajstić information content (AvgIpc) is 3.05. The lowest BCUT2D eigenvalue weighted by molar-refractivity contribution is -0.115. The van der Waals surface area contributed by atoms with E-state index < -0.39 is 0 Å². The van der Waals surface area contributed by atoms with E-state index in [1.807, 2.05) is 30.3 Å². The lowest BCUT2D eigenvalue weighted by Gasteiger charge is -2.04. The first-order valence-electron chi connectivity index (χ1n) is 7.73. The Bertz CT molecular complexity index is 822. The van der Waals surface area contributed by atoms with Crippen LogP contribution < -0.4 is 5.32 Å². The van der Waals surface area contributed by atoms with Crippen molar-refractivity contribution >= 4 is 35.0 Å². The molecule has 7 heteroatoms. The van der Waals surface area contributed by atoms with Crippen LogP contribution in [-0.2, 0) is 11.2 Å². The number of nitrogens with zero attached hydrogens (tertiary/aromatic N) is 2. The molecule has 0 radical (unpaired) electrons. The fourth-order valence-corrected chi connectivity index (χ4v) is 2.97. The molecule has 0 aliphatic rings. The molecule has 1 N–H and O–H groups in total. The topological polar surface area (TPSA) is 68.0 Å². The summed E-state index contributed by atoms with van der Waals surface area (Å²) in [4.78, 5) is 11.9. The molecule has 1 heterocycles. The molecule has 0 fully saturated rings. The molecule has 1 amide bonds. The van der Waals surface area contributed by atoms with Crippen LogP contribution in [0.3, 0.4) is 0 Å². The number of aromatic nitrogens is 2. The number of anilines is 1. The van der Waals surface area contributed by atoms with Gasteiger partial charge in [0, 0.05) is 22.9 Å². The third kappa shape index (κ3) is 5.62. The summed E-state index contributed by atoms with van der Waals surface area (Å²) in [6.45, 7) is 0. The molecule has 0 saturated carbocycles. The van der Waals surface area contributed by atoms with Gasteiger partial charge in [0.1, 0.15) is 0 Å². The zero-order chi connectivity index (χ0) is 17.5. The largest absolute Gasteiger partial charge is 0.416 e. The quantitative estimate of drug-likeness (QED) is 0.620. The van der Waals surface area contributed by atoms with Gasteiger partial charge < -0.3 is 9.73 Å². The maximum atomic E-state index is 11.9. The second kappa shape index (κ2) is 8.69. The van der Waals surface area contributed by atoms with Crippen LogP contribution >= 0.6 is 23.4 Å². The van der Waals surface area contributed by atoms with E-state index in [1.165, 1.54) is 11.8 Å². The second-order valence-corrected chi connectivity index (χ2v) is 6.76. The van der Waals surface area contributed by atoms with Gasteiger partial charge in [0.25, 0.3) is 5.22 Å². The maximum absolute atomic E-state index is 11.9. The lowest BCUT2D eigenvalue weighted by atomic mass is 10.2. The number of nitrogens with one attached hydrogen (secondary N) is 1. The van der Waals surface area contributed by atoms with Crippen molar-refractivity contribution in [1.29, 1.82) is 0 Å². The van der Waals surface area contributed by atoms with Crippen molar-refractivity contribution in [1.82, 2.24) is 10.2 Å². The van der Waals surface area contributed by atoms with Gasteiger partial charge in [-0.2, -0.15) is 0 Å². The van der Waals surface area contributed by atoms with Crippen LogP contribution in [0.15, 0.2) is 64.2 Å². The zero-order valence-corrected chi connectivity index (χ0v) is 14.9. The molecule has 3 rings (SSSR count). The summed E-state index contributed by atoms with van der Waals surface area (Å²) >= 11 is 7.18. The molecule has 2 aromatic carbocycles. The number of thioether (sulfide) groups is 1. The molecule has 25 heavy (non-hydrogen) atoms. The van der Waals surface area contributed by atoms with Crippen molar-refractivity contribution in [3.8, 4) is 0 Å². The highest BCUT2D eigenvalue weighted by Gasteiger charge is 2.09. The summed E-state index contributed by atoms with van der Waals surface area (Å²) in [7, 11) is 0. The number of carbonyl (C=O) groups excluding carboxylic acids is 1. The van der Waals surface area contributed by atoms with Crippen LogP contribution in [0.5, 0.6) is 0 Å². The van der Waals surface area contributed by atoms with Crippen molar-refractivity contribution in [2.45, 2.75) is 18.1 Å². The van der Waals surface area contributed by atoms with E-state index in [1.54, 1.807) is 24.3 Å². The van der Waals surface area contributed by atoms with Crippen LogP contribution in [0.25, 0.3) is 0 Å². The molecule has 128 valence electrons. The highest BCUT2D eigenvalue weighted by atomic mass is 35.5. The molecule has 0 spiro atoms. The summed E-state index contributed by atoms with van der Waals surface area (Å²) in [5.41, 5.74) is 1.84. The average molecular weight is 374 g/mol. The normalized spacial score (nSPS) is 10.6. The number of benzene rings is 2. The molecular formula is C18H16ClN3O2S. The minimum Gasteiger partial charge on any atom is -0.416 e. The zero-order valence-electron chi connectivity index (χ0n) is 13.3. The molecule has 0 unspecified atom stereocenters. The van der Waals surface area contributed by atoms with Crippen LogP contribution in [-0.4, -0.2) is 21.9 Å². The third-order valence-corrected chi connectivity index (χ3v) is 4.40. The first kappa shape index (κ1) is 17.5. The van der Waals surface area contributed by atoms with Gasteiger partial charge in [-0.05, 0) is 29.8 Å². The predicted molar refractivity (Wildman–Crippen MR) is 99.0 cm³/mol. The minimum atomic E-state index is -0.0705. The van der Waals surface area contributed by atoms with Gasteiger partial charge >= 0.3 is 0 Å². The van der Waals surface area contributed by atoms with Gasteiger partial charge in [-0.15, -0.1) is 10.2 Å². The van der Waals surface area contributed by atoms with Crippen LogP contribution in [0.1, 0.15) is 17.9 Å². The fourth-order valence-electron chi connectivity index (χ4n) is 2.13. The second-order valence-electron chi connectivity index (χ2n) is 5.28. The summed E-state index contributed by atoms with van der Waals surface area (Å²) in [5.74, 6) is 1.06. The smallest absolute Gasteiger partial charge is 0.276 e. The van der Waals surface area contributed by atoms with Crippen molar-refractivity contribution in [2.75, 3.05) is 11.1 Å². The number of halogens is 1. The molecule has 3 aromatic rings. The molecule has 5 nitrogen and oxygen atoms in total. The maximum Gasteiger partial charge on any atom is 0.276 e. The number of carbonyl (C=O) groups is 1. The van der Waals surface area contributed by atoms with Crippen molar-refractivity contribution in [2.24, 2.45) is 0 Å². The Hall–Kier alpha value is -2.31. The van der Waals surface area contributed by atoms with Crippen LogP contribution in [0.4, 0.5) is 5.69 Å². The number of hydrogen-bond acceptors (Lipinski definition) is 5. The van der Waals surface area contributed by atoms with Gasteiger partial charge in [-0.1, -0.05) is 53.7 Å². The Morgan fingerprint density at radius 3 is 2.60 bits per heavy atom. The van der Waals surface area contributed by atoms with E-state index >= 15 is 0 Å². The SMILES string of the molecule is O=C(CCSc1nnc(Cc2ccccc2)o1)Nc1ccc(Cl)cc1. The van der Waals surface area contributed by atoms with E-state index in [0.29, 0.717) is 34.7 Å². The van der Waals surface area contributed by atoms with Gasteiger partial charge in [-0.3, -0.25) is 4.79 Å². The fraction of sp³-hybridized carbons (Fsp3) is 0.167. The minimum absolute atomic E-state index is 0.0705. The van der Waals surface area contributed by atoms with Gasteiger partial charge in [0.15, 0.2) is 0 Å². The first-order chi connectivity index (χ1) is 12.2. The van der Waals surface area contributed by atoms with Gasteiger partial charge in [0.2, 0.25) is 11.8 Å². The summed E-state index contributed by atoms with van der Waals surface area (Å²) in [5, 5.41) is 12.0. The van der Waals surface area contributed by atoms with E-state index in [0.717, 1.165) is 11.3 Å². The van der Waals surface area contributed by atoms with Crippen molar-refractivity contribution in [3.63, 3.8) is 0 Å². The first-order valence-corrected chi connectivity index (χ1v) is 9.10.